The molecule has 0 aromatic rings. The largest absolute Gasteiger partial charge is 0.394 e. The number of aliphatic hydroxyl groups is 3. The summed E-state index contributed by atoms with van der Waals surface area (Å²) in [7, 11) is 0. The zero-order valence-electron chi connectivity index (χ0n) is 10.2. The first-order valence-corrected chi connectivity index (χ1v) is 5.99. The zero-order valence-corrected chi connectivity index (χ0v) is 10.2. The number of amides is 1. The summed E-state index contributed by atoms with van der Waals surface area (Å²) < 4.78 is 5.41. The fourth-order valence-electron chi connectivity index (χ4n) is 2.37. The Morgan fingerprint density at radius 3 is 2.90 bits per heavy atom. The molecule has 0 aromatic carbocycles. The van der Waals surface area contributed by atoms with Crippen molar-refractivity contribution >= 4 is 23.4 Å². The van der Waals surface area contributed by atoms with Gasteiger partial charge in [-0.2, -0.15) is 4.99 Å². The quantitative estimate of drug-likeness (QED) is 0.363. The molecule has 5 N–H and O–H groups in total. The number of carbonyl (C=O) groups excluding carboxylic acids is 1. The van der Waals surface area contributed by atoms with Crippen LogP contribution in [0.25, 0.3) is 0 Å². The molecule has 1 fully saturated rings. The summed E-state index contributed by atoms with van der Waals surface area (Å²) in [6.45, 7) is -0.363. The lowest BCUT2D eigenvalue weighted by Gasteiger charge is -2.28. The number of aliphatic hydroxyl groups excluding tert-OH is 3. The van der Waals surface area contributed by atoms with E-state index in [1.54, 1.807) is 0 Å². The second-order valence-electron chi connectivity index (χ2n) is 4.58. The summed E-state index contributed by atoms with van der Waals surface area (Å²) in [5, 5.41) is 38.3. The predicted octanol–water partition coefficient (Wildman–Crippen LogP) is -3.05. The van der Waals surface area contributed by atoms with Crippen molar-refractivity contribution in [2.45, 2.75) is 31.2 Å². The molecule has 0 aliphatic carbocycles. The third-order valence-electron chi connectivity index (χ3n) is 3.31. The van der Waals surface area contributed by atoms with E-state index < -0.39 is 30.7 Å². The highest BCUT2D eigenvalue weighted by molar-refractivity contribution is 6.70. The van der Waals surface area contributed by atoms with Crippen LogP contribution in [0.1, 0.15) is 6.42 Å². The molecule has 108 valence electrons. The second kappa shape index (κ2) is 4.59. The first-order valence-electron chi connectivity index (χ1n) is 5.99. The summed E-state index contributed by atoms with van der Waals surface area (Å²) in [6, 6.07) is 0. The van der Waals surface area contributed by atoms with Crippen molar-refractivity contribution in [3.05, 3.63) is 0 Å². The summed E-state index contributed by atoms with van der Waals surface area (Å²) in [4.78, 5) is 20.4. The maximum Gasteiger partial charge on any atom is 0.280 e. The van der Waals surface area contributed by atoms with Gasteiger partial charge in [-0.25, -0.2) is 4.99 Å². The number of aliphatic imine (C=N–C) groups is 2. The van der Waals surface area contributed by atoms with Gasteiger partial charge in [0.25, 0.3) is 5.91 Å². The van der Waals surface area contributed by atoms with Crippen molar-refractivity contribution in [1.29, 1.82) is 5.41 Å². The SMILES string of the molecule is N=C1N=C2C(=NC(O)N2C2C[C@H](O)[C@@H](CO)O2)C(=O)N1. The van der Waals surface area contributed by atoms with Crippen LogP contribution in [-0.2, 0) is 9.53 Å². The van der Waals surface area contributed by atoms with E-state index in [1.807, 2.05) is 0 Å². The van der Waals surface area contributed by atoms with E-state index in [9.17, 15) is 15.0 Å². The van der Waals surface area contributed by atoms with Crippen LogP contribution in [0.4, 0.5) is 0 Å². The van der Waals surface area contributed by atoms with Crippen molar-refractivity contribution in [3.8, 4) is 0 Å². The van der Waals surface area contributed by atoms with Crippen LogP contribution < -0.4 is 5.32 Å². The van der Waals surface area contributed by atoms with E-state index in [2.05, 4.69) is 15.3 Å². The number of nitrogens with one attached hydrogen (secondary N) is 2. The van der Waals surface area contributed by atoms with Crippen LogP contribution in [0.5, 0.6) is 0 Å². The minimum absolute atomic E-state index is 0.0297. The third kappa shape index (κ3) is 1.89. The van der Waals surface area contributed by atoms with Gasteiger partial charge in [-0.3, -0.25) is 20.4 Å². The number of hydrogen-bond acceptors (Lipinski definition) is 8. The number of hydrogen-bond donors (Lipinski definition) is 5. The first-order chi connectivity index (χ1) is 9.51. The van der Waals surface area contributed by atoms with Crippen molar-refractivity contribution in [3.63, 3.8) is 0 Å². The molecule has 0 spiro atoms. The number of guanidine groups is 1. The Labute approximate surface area is 112 Å². The zero-order chi connectivity index (χ0) is 14.4. The molecule has 3 heterocycles. The number of amidine groups is 1. The molecule has 1 amide bonds. The molecule has 3 rings (SSSR count). The second-order valence-corrected chi connectivity index (χ2v) is 4.58. The Bertz CT molecular complexity index is 532. The van der Waals surface area contributed by atoms with Crippen LogP contribution in [-0.4, -0.2) is 75.0 Å². The molecular weight excluding hydrogens is 270 g/mol. The lowest BCUT2D eigenvalue weighted by atomic mass is 10.2. The topological polar surface area (TPSA) is 151 Å². The predicted molar refractivity (Wildman–Crippen MR) is 65.0 cm³/mol. The average Bonchev–Trinajstić information content (AvgIpc) is 2.89. The average molecular weight is 283 g/mol. The monoisotopic (exact) mass is 283 g/mol. The Hall–Kier alpha value is -1.88. The Morgan fingerprint density at radius 2 is 2.25 bits per heavy atom. The Morgan fingerprint density at radius 1 is 1.50 bits per heavy atom. The van der Waals surface area contributed by atoms with Crippen LogP contribution in [0.3, 0.4) is 0 Å². The minimum atomic E-state index is -1.38. The summed E-state index contributed by atoms with van der Waals surface area (Å²) >= 11 is 0. The number of ether oxygens (including phenoxy) is 1. The molecule has 10 nitrogen and oxygen atoms in total. The van der Waals surface area contributed by atoms with Crippen molar-refractivity contribution in [2.75, 3.05) is 6.61 Å². The molecule has 0 aromatic heterocycles. The number of carbonyl (C=O) groups is 1. The van der Waals surface area contributed by atoms with Gasteiger partial charge in [0, 0.05) is 6.42 Å². The van der Waals surface area contributed by atoms with Gasteiger partial charge in [-0.1, -0.05) is 0 Å². The van der Waals surface area contributed by atoms with Gasteiger partial charge in [0.1, 0.15) is 12.3 Å². The van der Waals surface area contributed by atoms with Crippen LogP contribution in [0, 0.1) is 5.41 Å². The first kappa shape index (κ1) is 13.1. The fourth-order valence-corrected chi connectivity index (χ4v) is 2.37. The highest BCUT2D eigenvalue weighted by atomic mass is 16.5. The Kier molecular flexibility index (Phi) is 3.01. The van der Waals surface area contributed by atoms with E-state index in [1.165, 1.54) is 4.90 Å². The van der Waals surface area contributed by atoms with Gasteiger partial charge < -0.3 is 20.1 Å². The van der Waals surface area contributed by atoms with Gasteiger partial charge in [0.15, 0.2) is 11.5 Å². The standard InChI is InChI=1S/C10H13N5O5/c11-9-13-7-6(8(18)14-9)12-10(19)15(7)5-1-3(17)4(2-16)20-5/h3-5,10,16-17,19H,1-2H2,(H2,11,14,18)/t3-,4+,5?,10?/m0/s1. The maximum absolute atomic E-state index is 11.6. The van der Waals surface area contributed by atoms with Gasteiger partial charge in [-0.15, -0.1) is 0 Å². The molecule has 0 saturated carbocycles. The number of rotatable bonds is 2. The van der Waals surface area contributed by atoms with Crippen LogP contribution >= 0.6 is 0 Å². The van der Waals surface area contributed by atoms with Crippen molar-refractivity contribution < 1.29 is 24.9 Å². The van der Waals surface area contributed by atoms with Crippen LogP contribution in [0.2, 0.25) is 0 Å². The fraction of sp³-hybridized carbons (Fsp3) is 0.600. The molecule has 0 radical (unpaired) electrons. The molecule has 3 aliphatic rings. The highest BCUT2D eigenvalue weighted by Gasteiger charge is 2.46. The van der Waals surface area contributed by atoms with E-state index >= 15 is 0 Å². The van der Waals surface area contributed by atoms with Gasteiger partial charge in [0.05, 0.1) is 12.7 Å². The molecule has 0 bridgehead atoms. The lowest BCUT2D eigenvalue weighted by Crippen LogP contribution is -2.51. The summed E-state index contributed by atoms with van der Waals surface area (Å²) in [5.41, 5.74) is -0.0842. The molecule has 3 aliphatic heterocycles. The maximum atomic E-state index is 11.6. The van der Waals surface area contributed by atoms with Crippen molar-refractivity contribution in [1.82, 2.24) is 10.2 Å². The van der Waals surface area contributed by atoms with Gasteiger partial charge in [-0.05, 0) is 0 Å². The van der Waals surface area contributed by atoms with E-state index in [-0.39, 0.29) is 30.5 Å². The third-order valence-corrected chi connectivity index (χ3v) is 3.31. The van der Waals surface area contributed by atoms with Crippen molar-refractivity contribution in [2.24, 2.45) is 9.98 Å². The van der Waals surface area contributed by atoms with Gasteiger partial charge in [0.2, 0.25) is 12.3 Å². The Balaban J connectivity index is 1.88. The van der Waals surface area contributed by atoms with E-state index in [0.717, 1.165) is 0 Å². The van der Waals surface area contributed by atoms with E-state index in [0.29, 0.717) is 0 Å². The molecule has 1 saturated heterocycles. The smallest absolute Gasteiger partial charge is 0.280 e. The molecule has 2 unspecified atom stereocenters. The van der Waals surface area contributed by atoms with E-state index in [4.69, 9.17) is 15.3 Å². The molecule has 20 heavy (non-hydrogen) atoms. The number of nitrogens with zero attached hydrogens (tertiary/aromatic N) is 3. The minimum Gasteiger partial charge on any atom is -0.394 e. The number of fused-ring (bicyclic) bond motifs is 1. The summed E-state index contributed by atoms with van der Waals surface area (Å²) in [6.07, 6.45) is -3.70. The van der Waals surface area contributed by atoms with Gasteiger partial charge >= 0.3 is 0 Å². The van der Waals surface area contributed by atoms with Crippen LogP contribution in [0.15, 0.2) is 9.98 Å². The lowest BCUT2D eigenvalue weighted by molar-refractivity contribution is -0.113. The molecular formula is C10H13N5O5. The normalized spacial score (nSPS) is 36.6. The molecule has 10 heteroatoms. The highest BCUT2D eigenvalue weighted by Crippen LogP contribution is 2.28. The summed E-state index contributed by atoms with van der Waals surface area (Å²) in [5.74, 6) is -0.957. The molecule has 4 atom stereocenters.